The smallest absolute Gasteiger partial charge is 0.232 e. The summed E-state index contributed by atoms with van der Waals surface area (Å²) >= 11 is 0. The molecule has 6 aliphatic rings. The van der Waals surface area contributed by atoms with E-state index in [0.717, 1.165) is 49.6 Å². The van der Waals surface area contributed by atoms with Crippen molar-refractivity contribution >= 4 is 10.0 Å². The van der Waals surface area contributed by atoms with Crippen molar-refractivity contribution in [1.29, 1.82) is 0 Å². The molecule has 3 saturated heterocycles. The Kier molecular flexibility index (Phi) is 8.80. The molecule has 2 saturated carbocycles. The number of fused-ring (bicyclic) bond motifs is 2. The van der Waals surface area contributed by atoms with Crippen LogP contribution < -0.4 is 5.32 Å². The Morgan fingerprint density at radius 3 is 2.44 bits per heavy atom. The van der Waals surface area contributed by atoms with Crippen LogP contribution >= 0.6 is 0 Å². The molecule has 2 N–H and O–H groups in total. The van der Waals surface area contributed by atoms with E-state index in [1.54, 1.807) is 4.31 Å². The Labute approximate surface area is 237 Å². The molecular weight excluding hydrogens is 508 g/mol. The monoisotopic (exact) mass is 562 g/mol. The van der Waals surface area contributed by atoms with E-state index in [2.05, 4.69) is 35.0 Å². The number of rotatable bonds is 5. The summed E-state index contributed by atoms with van der Waals surface area (Å²) < 4.78 is 30.1. The number of aliphatic hydroxyl groups is 1. The van der Waals surface area contributed by atoms with Crippen LogP contribution in [-0.2, 0) is 10.0 Å². The number of hydrogen-bond donors (Lipinski definition) is 2. The molecule has 222 valence electrons. The lowest BCUT2D eigenvalue weighted by Crippen LogP contribution is -2.71. The van der Waals surface area contributed by atoms with Crippen LogP contribution in [0.2, 0.25) is 0 Å². The van der Waals surface area contributed by atoms with Gasteiger partial charge in [-0.15, -0.1) is 0 Å². The molecule has 0 spiro atoms. The largest absolute Gasteiger partial charge is 0.395 e. The van der Waals surface area contributed by atoms with Gasteiger partial charge in [-0.1, -0.05) is 51.7 Å². The zero-order valence-electron chi connectivity index (χ0n) is 24.5. The third kappa shape index (κ3) is 5.40. The number of aliphatic hydroxyl groups excluding tert-OH is 1. The SMILES string of the molecule is CC1CCCC(C2CCC([C@H]3C4CN(S(=O)(=O)C5CNC6CCCCCN65)C/C=C\CN4[C@@H]3CO)CC2)C1C. The van der Waals surface area contributed by atoms with Crippen molar-refractivity contribution in [2.45, 2.75) is 108 Å². The normalized spacial score (nSPS) is 45.8. The first-order valence-electron chi connectivity index (χ1n) is 16.4. The number of nitrogens with one attached hydrogen (secondary N) is 1. The highest BCUT2D eigenvalue weighted by Crippen LogP contribution is 2.49. The minimum absolute atomic E-state index is 0.167. The fourth-order valence-electron chi connectivity index (χ4n) is 9.82. The van der Waals surface area contributed by atoms with Crippen LogP contribution in [0.5, 0.6) is 0 Å². The Hall–Kier alpha value is -0.510. The highest BCUT2D eigenvalue weighted by Gasteiger charge is 2.54. The summed E-state index contributed by atoms with van der Waals surface area (Å²) in [5.74, 6) is 4.45. The van der Waals surface area contributed by atoms with Crippen molar-refractivity contribution in [3.8, 4) is 0 Å². The molecule has 7 nitrogen and oxygen atoms in total. The van der Waals surface area contributed by atoms with Gasteiger partial charge >= 0.3 is 0 Å². The maximum atomic E-state index is 14.1. The minimum atomic E-state index is -3.47. The quantitative estimate of drug-likeness (QED) is 0.496. The second kappa shape index (κ2) is 12.0. The molecule has 0 aromatic heterocycles. The van der Waals surface area contributed by atoms with Gasteiger partial charge in [-0.25, -0.2) is 8.42 Å². The molecule has 2 aliphatic carbocycles. The Morgan fingerprint density at radius 1 is 0.872 bits per heavy atom. The van der Waals surface area contributed by atoms with Crippen LogP contribution in [0.3, 0.4) is 0 Å². The summed E-state index contributed by atoms with van der Waals surface area (Å²) in [6.07, 6.45) is 18.2. The molecular formula is C31H54N4O3S. The number of sulfonamides is 1. The summed E-state index contributed by atoms with van der Waals surface area (Å²) in [5, 5.41) is 13.5. The van der Waals surface area contributed by atoms with Crippen molar-refractivity contribution in [1.82, 2.24) is 19.4 Å². The van der Waals surface area contributed by atoms with E-state index in [1.807, 2.05) is 6.08 Å². The van der Waals surface area contributed by atoms with Gasteiger partial charge < -0.3 is 5.11 Å². The third-order valence-electron chi connectivity index (χ3n) is 12.2. The predicted octanol–water partition coefficient (Wildman–Crippen LogP) is 3.86. The van der Waals surface area contributed by atoms with Crippen LogP contribution in [-0.4, -0.2) is 90.6 Å². The lowest BCUT2D eigenvalue weighted by molar-refractivity contribution is -0.114. The topological polar surface area (TPSA) is 76.1 Å². The van der Waals surface area contributed by atoms with Gasteiger partial charge in [-0.05, 0) is 80.5 Å². The highest BCUT2D eigenvalue weighted by molar-refractivity contribution is 7.89. The zero-order chi connectivity index (χ0) is 27.1. The molecule has 6 rings (SSSR count). The van der Waals surface area contributed by atoms with Crippen molar-refractivity contribution in [3.05, 3.63) is 12.2 Å². The van der Waals surface area contributed by atoms with E-state index >= 15 is 0 Å². The minimum Gasteiger partial charge on any atom is -0.395 e. The van der Waals surface area contributed by atoms with Crippen molar-refractivity contribution in [3.63, 3.8) is 0 Å². The molecule has 5 fully saturated rings. The first-order chi connectivity index (χ1) is 18.9. The van der Waals surface area contributed by atoms with Crippen LogP contribution in [0.1, 0.15) is 84.5 Å². The number of nitrogens with zero attached hydrogens (tertiary/aromatic N) is 3. The average molecular weight is 563 g/mol. The number of hydrogen-bond acceptors (Lipinski definition) is 6. The molecule has 6 unspecified atom stereocenters. The molecule has 4 aliphatic heterocycles. The van der Waals surface area contributed by atoms with Crippen LogP contribution in [0.15, 0.2) is 12.2 Å². The summed E-state index contributed by atoms with van der Waals surface area (Å²) in [6, 6.07) is 0.381. The fraction of sp³-hybridized carbons (Fsp3) is 0.935. The summed E-state index contributed by atoms with van der Waals surface area (Å²) in [5.41, 5.74) is 0. The molecule has 39 heavy (non-hydrogen) atoms. The van der Waals surface area contributed by atoms with Crippen molar-refractivity contribution < 1.29 is 13.5 Å². The van der Waals surface area contributed by atoms with Crippen LogP contribution in [0, 0.1) is 35.5 Å². The molecule has 0 aromatic carbocycles. The molecule has 0 bridgehead atoms. The Morgan fingerprint density at radius 2 is 1.64 bits per heavy atom. The maximum Gasteiger partial charge on any atom is 0.232 e. The lowest BCUT2D eigenvalue weighted by Gasteiger charge is -2.59. The average Bonchev–Trinajstić information content (AvgIpc) is 3.19. The van der Waals surface area contributed by atoms with Gasteiger partial charge in [0.1, 0.15) is 5.37 Å². The van der Waals surface area contributed by atoms with E-state index in [-0.39, 0.29) is 24.9 Å². The summed E-state index contributed by atoms with van der Waals surface area (Å²) in [7, 11) is -3.47. The van der Waals surface area contributed by atoms with E-state index in [9.17, 15) is 13.5 Å². The van der Waals surface area contributed by atoms with Gasteiger partial charge in [-0.2, -0.15) is 4.31 Å². The highest BCUT2D eigenvalue weighted by atomic mass is 32.2. The van der Waals surface area contributed by atoms with Gasteiger partial charge in [0, 0.05) is 44.8 Å². The zero-order valence-corrected chi connectivity index (χ0v) is 25.3. The molecule has 4 heterocycles. The maximum absolute atomic E-state index is 14.1. The van der Waals surface area contributed by atoms with Gasteiger partial charge in [0.25, 0.3) is 0 Å². The third-order valence-corrected chi connectivity index (χ3v) is 14.4. The second-order valence-corrected chi connectivity index (χ2v) is 16.1. The molecule has 8 atom stereocenters. The lowest BCUT2D eigenvalue weighted by atomic mass is 9.60. The standard InChI is InChI=1S/C31H54N4O3S/c1-22-9-8-10-26(23(22)2)24-12-14-25(15-13-24)31-27-20-33(16-6-7-17-34(27)28(31)21-36)39(37,38)30-19-32-29-11-4-3-5-18-35(29)30/h6-7,22-32,36H,3-5,8-21H2,1-2H3/b7-6-/t22?,23?,24?,25?,26?,27?,28-,29?,30?,31+/m1/s1. The molecule has 0 amide bonds. The van der Waals surface area contributed by atoms with E-state index < -0.39 is 15.4 Å². The van der Waals surface area contributed by atoms with Gasteiger partial charge in [0.05, 0.1) is 12.8 Å². The molecule has 0 radical (unpaired) electrons. The van der Waals surface area contributed by atoms with Gasteiger partial charge in [0.15, 0.2) is 0 Å². The van der Waals surface area contributed by atoms with E-state index in [0.29, 0.717) is 31.5 Å². The van der Waals surface area contributed by atoms with Crippen molar-refractivity contribution in [2.24, 2.45) is 35.5 Å². The second-order valence-electron chi connectivity index (χ2n) is 14.0. The predicted molar refractivity (Wildman–Crippen MR) is 156 cm³/mol. The Bertz CT molecular complexity index is 967. The molecule has 8 heteroatoms. The summed E-state index contributed by atoms with van der Waals surface area (Å²) in [4.78, 5) is 4.65. The first kappa shape index (κ1) is 28.6. The van der Waals surface area contributed by atoms with E-state index in [1.165, 1.54) is 57.8 Å². The Balaban J connectivity index is 1.15. The molecule has 0 aromatic rings. The van der Waals surface area contributed by atoms with Crippen molar-refractivity contribution in [2.75, 3.05) is 39.3 Å². The fourth-order valence-corrected chi connectivity index (χ4v) is 11.7. The summed E-state index contributed by atoms with van der Waals surface area (Å²) in [6.45, 7) is 8.41. The van der Waals surface area contributed by atoms with E-state index in [4.69, 9.17) is 0 Å². The van der Waals surface area contributed by atoms with Crippen LogP contribution in [0.4, 0.5) is 0 Å². The van der Waals surface area contributed by atoms with Gasteiger partial charge in [-0.3, -0.25) is 15.1 Å². The van der Waals surface area contributed by atoms with Gasteiger partial charge in [0.2, 0.25) is 10.0 Å². The van der Waals surface area contributed by atoms with Crippen LogP contribution in [0.25, 0.3) is 0 Å². The first-order valence-corrected chi connectivity index (χ1v) is 17.9.